The highest BCUT2D eigenvalue weighted by Gasteiger charge is 2.22. The minimum Gasteiger partial charge on any atom is -0.444 e. The van der Waals surface area contributed by atoms with Crippen LogP contribution in [0.1, 0.15) is 48.5 Å². The summed E-state index contributed by atoms with van der Waals surface area (Å²) in [5, 5.41) is 9.59. The van der Waals surface area contributed by atoms with Gasteiger partial charge in [0, 0.05) is 32.2 Å². The summed E-state index contributed by atoms with van der Waals surface area (Å²) in [5.74, 6) is 1.02. The second-order valence-electron chi connectivity index (χ2n) is 8.59. The van der Waals surface area contributed by atoms with Crippen molar-refractivity contribution in [3.63, 3.8) is 0 Å². The van der Waals surface area contributed by atoms with Gasteiger partial charge in [0.05, 0.1) is 25.8 Å². The van der Waals surface area contributed by atoms with E-state index in [0.29, 0.717) is 19.1 Å². The molecule has 2 atom stereocenters. The number of morpholine rings is 1. The van der Waals surface area contributed by atoms with Crippen LogP contribution in [-0.4, -0.2) is 80.6 Å². The number of carbonyl (C=O) groups is 1. The van der Waals surface area contributed by atoms with Gasteiger partial charge in [-0.05, 0) is 40.5 Å². The van der Waals surface area contributed by atoms with Gasteiger partial charge >= 0.3 is 6.09 Å². The number of hydrogen-bond donors (Lipinski definition) is 3. The van der Waals surface area contributed by atoms with Gasteiger partial charge < -0.3 is 25.4 Å². The molecule has 3 N–H and O–H groups in total. The standard InChI is InChI=1S/C20H41N5O3.HI/c1-8-21-18(22-13-16(4)25-9-11-27-12-10-25)23-14-17(15(2)3)24-19(26)28-20(5,6)7;/h15-17H,8-14H2,1-7H3,(H,24,26)(H2,21,22,23);1H. The number of amides is 1. The first-order chi connectivity index (χ1) is 13.1. The van der Waals surface area contributed by atoms with Crippen molar-refractivity contribution in [2.24, 2.45) is 10.9 Å². The molecule has 0 aliphatic carbocycles. The highest BCUT2D eigenvalue weighted by molar-refractivity contribution is 14.0. The van der Waals surface area contributed by atoms with Gasteiger partial charge in [0.25, 0.3) is 0 Å². The van der Waals surface area contributed by atoms with Crippen LogP contribution in [0.25, 0.3) is 0 Å². The quantitative estimate of drug-likeness (QED) is 0.256. The Morgan fingerprint density at radius 2 is 1.79 bits per heavy atom. The summed E-state index contributed by atoms with van der Waals surface area (Å²) in [5.41, 5.74) is -0.509. The third-order valence-corrected chi connectivity index (χ3v) is 4.52. The maximum absolute atomic E-state index is 12.1. The number of rotatable bonds is 8. The summed E-state index contributed by atoms with van der Waals surface area (Å²) in [4.78, 5) is 19.2. The summed E-state index contributed by atoms with van der Waals surface area (Å²) >= 11 is 0. The molecule has 1 aliphatic heterocycles. The Balaban J connectivity index is 0.00000784. The molecule has 0 saturated carbocycles. The van der Waals surface area contributed by atoms with Gasteiger partial charge in [-0.25, -0.2) is 4.79 Å². The highest BCUT2D eigenvalue weighted by Crippen LogP contribution is 2.08. The molecule has 0 aromatic heterocycles. The maximum Gasteiger partial charge on any atom is 0.407 e. The number of carbonyl (C=O) groups excluding carboxylic acids is 1. The van der Waals surface area contributed by atoms with E-state index >= 15 is 0 Å². The number of alkyl carbamates (subject to hydrolysis) is 1. The second-order valence-corrected chi connectivity index (χ2v) is 8.59. The minimum absolute atomic E-state index is 0. The molecule has 1 amide bonds. The predicted molar refractivity (Wildman–Crippen MR) is 129 cm³/mol. The van der Waals surface area contributed by atoms with Gasteiger partial charge in [0.15, 0.2) is 5.96 Å². The topological polar surface area (TPSA) is 87.2 Å². The smallest absolute Gasteiger partial charge is 0.407 e. The minimum atomic E-state index is -0.509. The summed E-state index contributed by atoms with van der Waals surface area (Å²) in [6.07, 6.45) is -0.393. The van der Waals surface area contributed by atoms with Crippen LogP contribution in [0, 0.1) is 5.92 Å². The van der Waals surface area contributed by atoms with Crippen molar-refractivity contribution in [3.05, 3.63) is 0 Å². The average molecular weight is 527 g/mol. The Morgan fingerprint density at radius 3 is 2.31 bits per heavy atom. The fourth-order valence-electron chi connectivity index (χ4n) is 2.82. The number of halogens is 1. The van der Waals surface area contributed by atoms with Crippen molar-refractivity contribution in [2.75, 3.05) is 45.9 Å². The molecule has 0 aromatic rings. The van der Waals surface area contributed by atoms with Crippen molar-refractivity contribution < 1.29 is 14.3 Å². The molecule has 0 radical (unpaired) electrons. The maximum atomic E-state index is 12.1. The summed E-state index contributed by atoms with van der Waals surface area (Å²) in [7, 11) is 0. The first-order valence-corrected chi connectivity index (χ1v) is 10.5. The molecule has 0 spiro atoms. The van der Waals surface area contributed by atoms with Crippen LogP contribution in [0.3, 0.4) is 0 Å². The normalized spacial score (nSPS) is 17.9. The van der Waals surface area contributed by atoms with E-state index < -0.39 is 11.7 Å². The van der Waals surface area contributed by atoms with Gasteiger partial charge in [-0.15, -0.1) is 24.0 Å². The molecule has 1 saturated heterocycles. The zero-order valence-corrected chi connectivity index (χ0v) is 21.5. The van der Waals surface area contributed by atoms with Crippen molar-refractivity contribution >= 4 is 36.0 Å². The van der Waals surface area contributed by atoms with E-state index in [4.69, 9.17) is 14.5 Å². The fourth-order valence-corrected chi connectivity index (χ4v) is 2.82. The molecule has 1 heterocycles. The lowest BCUT2D eigenvalue weighted by Crippen LogP contribution is -2.50. The van der Waals surface area contributed by atoms with Crippen LogP contribution >= 0.6 is 24.0 Å². The lowest BCUT2D eigenvalue weighted by atomic mass is 10.0. The van der Waals surface area contributed by atoms with Crippen LogP contribution in [0.5, 0.6) is 0 Å². The molecule has 9 heteroatoms. The van der Waals surface area contributed by atoms with Crippen molar-refractivity contribution in [2.45, 2.75) is 66.2 Å². The first kappa shape index (κ1) is 28.2. The molecule has 29 heavy (non-hydrogen) atoms. The monoisotopic (exact) mass is 527 g/mol. The molecule has 1 fully saturated rings. The highest BCUT2D eigenvalue weighted by atomic mass is 127. The van der Waals surface area contributed by atoms with E-state index in [-0.39, 0.29) is 35.9 Å². The second kappa shape index (κ2) is 14.2. The van der Waals surface area contributed by atoms with Crippen LogP contribution in [0.4, 0.5) is 4.79 Å². The third kappa shape index (κ3) is 12.5. The Labute approximate surface area is 194 Å². The zero-order chi connectivity index (χ0) is 21.2. The van der Waals surface area contributed by atoms with Gasteiger partial charge in [-0.3, -0.25) is 9.89 Å². The van der Waals surface area contributed by atoms with E-state index in [1.54, 1.807) is 0 Å². The molecular weight excluding hydrogens is 485 g/mol. The van der Waals surface area contributed by atoms with Gasteiger partial charge in [0.2, 0.25) is 0 Å². The van der Waals surface area contributed by atoms with Gasteiger partial charge in [0.1, 0.15) is 5.60 Å². The predicted octanol–water partition coefficient (Wildman–Crippen LogP) is 2.43. The molecule has 1 rings (SSSR count). The number of nitrogens with zero attached hydrogens (tertiary/aromatic N) is 2. The largest absolute Gasteiger partial charge is 0.444 e. The average Bonchev–Trinajstić information content (AvgIpc) is 2.61. The summed E-state index contributed by atoms with van der Waals surface area (Å²) < 4.78 is 10.8. The molecular formula is C20H42IN5O3. The Bertz CT molecular complexity index is 491. The number of ether oxygens (including phenoxy) is 2. The van der Waals surface area contributed by atoms with Gasteiger partial charge in [-0.1, -0.05) is 13.8 Å². The Kier molecular flexibility index (Phi) is 13.8. The van der Waals surface area contributed by atoms with Crippen LogP contribution in [0.15, 0.2) is 4.99 Å². The fraction of sp³-hybridized carbons (Fsp3) is 0.900. The van der Waals surface area contributed by atoms with Crippen molar-refractivity contribution in [3.8, 4) is 0 Å². The molecule has 172 valence electrons. The molecule has 0 bridgehead atoms. The lowest BCUT2D eigenvalue weighted by Gasteiger charge is -2.31. The SMILES string of the molecule is CCNC(=NCC(C)N1CCOCC1)NCC(NC(=O)OC(C)(C)C)C(C)C.I. The van der Waals surface area contributed by atoms with E-state index in [1.165, 1.54) is 0 Å². The van der Waals surface area contributed by atoms with E-state index in [0.717, 1.165) is 38.8 Å². The van der Waals surface area contributed by atoms with E-state index in [1.807, 2.05) is 27.7 Å². The number of guanidine groups is 1. The Morgan fingerprint density at radius 1 is 1.17 bits per heavy atom. The molecule has 8 nitrogen and oxygen atoms in total. The molecule has 0 aromatic carbocycles. The summed E-state index contributed by atoms with van der Waals surface area (Å²) in [6.45, 7) is 19.5. The lowest BCUT2D eigenvalue weighted by molar-refractivity contribution is 0.0220. The van der Waals surface area contributed by atoms with E-state index in [9.17, 15) is 4.79 Å². The van der Waals surface area contributed by atoms with Gasteiger partial charge in [-0.2, -0.15) is 0 Å². The molecule has 1 aliphatic rings. The number of hydrogen-bond acceptors (Lipinski definition) is 5. The first-order valence-electron chi connectivity index (χ1n) is 10.5. The number of aliphatic imine (C=N–C) groups is 1. The number of nitrogens with one attached hydrogen (secondary N) is 3. The summed E-state index contributed by atoms with van der Waals surface area (Å²) in [6, 6.07) is 0.301. The van der Waals surface area contributed by atoms with Crippen molar-refractivity contribution in [1.29, 1.82) is 0 Å². The van der Waals surface area contributed by atoms with Crippen molar-refractivity contribution in [1.82, 2.24) is 20.9 Å². The van der Waals surface area contributed by atoms with Crippen LogP contribution in [0.2, 0.25) is 0 Å². The molecule has 2 unspecified atom stereocenters. The zero-order valence-electron chi connectivity index (χ0n) is 19.2. The van der Waals surface area contributed by atoms with Crippen LogP contribution in [-0.2, 0) is 9.47 Å². The van der Waals surface area contributed by atoms with Crippen LogP contribution < -0.4 is 16.0 Å². The third-order valence-electron chi connectivity index (χ3n) is 4.52. The Hall–Kier alpha value is -0.810. The van der Waals surface area contributed by atoms with E-state index in [2.05, 4.69) is 41.6 Å².